The smallest absolute Gasteiger partial charge is 0.269 e. The predicted octanol–water partition coefficient (Wildman–Crippen LogP) is -0.305. The van der Waals surface area contributed by atoms with Crippen molar-refractivity contribution < 1.29 is 18.3 Å². The Balaban J connectivity index is 1.32. The van der Waals surface area contributed by atoms with Crippen molar-refractivity contribution in [2.75, 3.05) is 44.7 Å². The number of piperazine rings is 1. The van der Waals surface area contributed by atoms with Gasteiger partial charge in [0.2, 0.25) is 5.95 Å². The summed E-state index contributed by atoms with van der Waals surface area (Å²) < 4.78 is 35.7. The first-order valence-electron chi connectivity index (χ1n) is 11.6. The minimum Gasteiger partial charge on any atom is -0.493 e. The van der Waals surface area contributed by atoms with Crippen molar-refractivity contribution in [3.63, 3.8) is 0 Å². The quantitative estimate of drug-likeness (QED) is 0.395. The minimum absolute atomic E-state index is 0.0248. The number of ether oxygens (including phenoxy) is 1. The van der Waals surface area contributed by atoms with Crippen LogP contribution in [0.25, 0.3) is 10.9 Å². The van der Waals surface area contributed by atoms with Gasteiger partial charge in [-0.15, -0.1) is 0 Å². The number of carbonyl (C=O) groups is 1. The third kappa shape index (κ3) is 4.05. The number of anilines is 1. The highest BCUT2D eigenvalue weighted by Gasteiger charge is 2.36. The molecular formula is C23H25B2F2N5O3. The first kappa shape index (κ1) is 23.3. The molecule has 0 bridgehead atoms. The van der Waals surface area contributed by atoms with E-state index in [-0.39, 0.29) is 16.8 Å². The number of fused-ring (bicyclic) bond motifs is 3. The van der Waals surface area contributed by atoms with Crippen molar-refractivity contribution in [1.82, 2.24) is 20.2 Å². The third-order valence-corrected chi connectivity index (χ3v) is 6.81. The second kappa shape index (κ2) is 8.67. The molecule has 5 rings (SSSR count). The van der Waals surface area contributed by atoms with Gasteiger partial charge >= 0.3 is 0 Å². The predicted molar refractivity (Wildman–Crippen MR) is 134 cm³/mol. The van der Waals surface area contributed by atoms with Crippen molar-refractivity contribution in [3.8, 4) is 5.75 Å². The fourth-order valence-electron chi connectivity index (χ4n) is 4.86. The van der Waals surface area contributed by atoms with Gasteiger partial charge in [-0.3, -0.25) is 14.5 Å². The van der Waals surface area contributed by atoms with Crippen LogP contribution in [0.15, 0.2) is 29.1 Å². The summed E-state index contributed by atoms with van der Waals surface area (Å²) in [7, 11) is 5.33. The molecule has 3 aromatic rings. The number of nitrogens with one attached hydrogen (secondary N) is 2. The summed E-state index contributed by atoms with van der Waals surface area (Å²) in [6, 6.07) is 6.59. The number of carbonyl (C=O) groups excluding carboxylic acids is 1. The Morgan fingerprint density at radius 1 is 1.20 bits per heavy atom. The first-order chi connectivity index (χ1) is 16.7. The largest absolute Gasteiger partial charge is 0.493 e. The van der Waals surface area contributed by atoms with Crippen molar-refractivity contribution >= 4 is 38.2 Å². The molecule has 0 spiro atoms. The van der Waals surface area contributed by atoms with Crippen molar-refractivity contribution in [3.05, 3.63) is 63.2 Å². The molecule has 0 unspecified atom stereocenters. The zero-order chi connectivity index (χ0) is 24.9. The van der Waals surface area contributed by atoms with Crippen molar-refractivity contribution in [2.24, 2.45) is 0 Å². The Bertz CT molecular complexity index is 1390. The zero-order valence-electron chi connectivity index (χ0n) is 19.9. The molecule has 35 heavy (non-hydrogen) atoms. The normalized spacial score (nSPS) is 17.3. The van der Waals surface area contributed by atoms with Crippen LogP contribution >= 0.6 is 0 Å². The highest BCUT2D eigenvalue weighted by atomic mass is 19.1. The summed E-state index contributed by atoms with van der Waals surface area (Å²) in [4.78, 5) is 34.8. The summed E-state index contributed by atoms with van der Waals surface area (Å²) in [5.74, 6) is -1.13. The number of nitrogens with zero attached hydrogens (tertiary/aromatic N) is 3. The van der Waals surface area contributed by atoms with E-state index in [4.69, 9.17) is 4.74 Å². The number of H-pyrrole nitrogens is 1. The van der Waals surface area contributed by atoms with Gasteiger partial charge < -0.3 is 19.9 Å². The van der Waals surface area contributed by atoms with E-state index in [9.17, 15) is 14.0 Å². The van der Waals surface area contributed by atoms with E-state index in [0.29, 0.717) is 67.3 Å². The molecule has 2 N–H and O–H groups in total. The van der Waals surface area contributed by atoms with E-state index >= 15 is 4.39 Å². The van der Waals surface area contributed by atoms with Gasteiger partial charge in [0.05, 0.1) is 23.4 Å². The summed E-state index contributed by atoms with van der Waals surface area (Å²) >= 11 is 0. The Labute approximate surface area is 202 Å². The van der Waals surface area contributed by atoms with Gasteiger partial charge in [0.15, 0.2) is 5.82 Å². The monoisotopic (exact) mass is 479 g/mol. The van der Waals surface area contributed by atoms with E-state index in [1.54, 1.807) is 18.2 Å². The molecule has 2 aliphatic rings. The van der Waals surface area contributed by atoms with E-state index in [1.807, 2.05) is 20.6 Å². The molecule has 1 amide bonds. The number of rotatable bonds is 4. The van der Waals surface area contributed by atoms with Crippen LogP contribution in [0.5, 0.6) is 5.75 Å². The highest BCUT2D eigenvalue weighted by molar-refractivity contribution is 6.41. The summed E-state index contributed by atoms with van der Waals surface area (Å²) in [5.41, 5.74) is 1.23. The van der Waals surface area contributed by atoms with E-state index < -0.39 is 22.9 Å². The summed E-state index contributed by atoms with van der Waals surface area (Å²) in [6.45, 7) is 2.97. The first-order valence-corrected chi connectivity index (χ1v) is 11.6. The highest BCUT2D eigenvalue weighted by Crippen LogP contribution is 2.38. The molecule has 12 heteroatoms. The molecule has 180 valence electrons. The zero-order valence-corrected chi connectivity index (χ0v) is 19.9. The van der Waals surface area contributed by atoms with Crippen LogP contribution in [0.4, 0.5) is 14.5 Å². The number of hydrogen-bond acceptors (Lipinski definition) is 6. The number of benzene rings is 1. The molecule has 0 aliphatic carbocycles. The van der Waals surface area contributed by atoms with Crippen LogP contribution in [0, 0.1) is 11.8 Å². The van der Waals surface area contributed by atoms with Crippen LogP contribution in [-0.4, -0.2) is 76.3 Å². The maximum Gasteiger partial charge on any atom is 0.269 e. The lowest BCUT2D eigenvalue weighted by Gasteiger charge is -2.36. The average Bonchev–Trinajstić information content (AvgIpc) is 3.17. The fourth-order valence-corrected chi connectivity index (χ4v) is 4.86. The van der Waals surface area contributed by atoms with Crippen LogP contribution in [0.2, 0.25) is 0 Å². The van der Waals surface area contributed by atoms with Gasteiger partial charge in [0.25, 0.3) is 11.5 Å². The standard InChI is InChI=1S/C23H25B2F2N5O3/c1-28-21(33)14-4-5-15(20(27)29-14)32-8-6-31(7-9-32)10-12-2-3-13-18(17(12)26)30-22(34)16-19(13)35-11-23(16,24)25/h2-5H,6-11,24-25H2,1H3,(H,28,33)(H,30,34). The Hall–Kier alpha value is -3.40. The second-order valence-corrected chi connectivity index (χ2v) is 9.64. The molecule has 4 heterocycles. The number of aromatic nitrogens is 2. The molecule has 1 fully saturated rings. The molecule has 2 aromatic heterocycles. The molecule has 0 atom stereocenters. The molecule has 0 radical (unpaired) electrons. The van der Waals surface area contributed by atoms with Crippen molar-refractivity contribution in [1.29, 1.82) is 0 Å². The number of amides is 1. The number of aromatic amines is 1. The molecule has 0 saturated carbocycles. The van der Waals surface area contributed by atoms with Crippen LogP contribution < -0.4 is 20.5 Å². The topological polar surface area (TPSA) is 90.6 Å². The van der Waals surface area contributed by atoms with E-state index in [0.717, 1.165) is 0 Å². The lowest BCUT2D eigenvalue weighted by molar-refractivity contribution is 0.0957. The molecule has 1 aromatic carbocycles. The maximum absolute atomic E-state index is 15.4. The lowest BCUT2D eigenvalue weighted by atomic mass is 9.52. The Kier molecular flexibility index (Phi) is 5.79. The number of halogens is 2. The fraction of sp³-hybridized carbons (Fsp3) is 0.348. The maximum atomic E-state index is 15.4. The molecular weight excluding hydrogens is 454 g/mol. The van der Waals surface area contributed by atoms with E-state index in [1.165, 1.54) is 13.1 Å². The lowest BCUT2D eigenvalue weighted by Crippen LogP contribution is -2.46. The summed E-state index contributed by atoms with van der Waals surface area (Å²) in [6.07, 6.45) is 0. The van der Waals surface area contributed by atoms with E-state index in [2.05, 4.69) is 20.2 Å². The second-order valence-electron chi connectivity index (χ2n) is 9.64. The number of hydrogen-bond donors (Lipinski definition) is 2. The molecule has 2 aliphatic heterocycles. The Morgan fingerprint density at radius 2 is 1.94 bits per heavy atom. The third-order valence-electron chi connectivity index (χ3n) is 6.81. The van der Waals surface area contributed by atoms with Crippen LogP contribution in [0.1, 0.15) is 21.6 Å². The van der Waals surface area contributed by atoms with Gasteiger partial charge in [0.1, 0.15) is 27.1 Å². The van der Waals surface area contributed by atoms with Gasteiger partial charge in [0, 0.05) is 50.7 Å². The van der Waals surface area contributed by atoms with Gasteiger partial charge in [-0.05, 0) is 23.4 Å². The molecule has 8 nitrogen and oxygen atoms in total. The van der Waals surface area contributed by atoms with Crippen molar-refractivity contribution in [2.45, 2.75) is 11.8 Å². The van der Waals surface area contributed by atoms with Gasteiger partial charge in [-0.1, -0.05) is 6.07 Å². The van der Waals surface area contributed by atoms with Gasteiger partial charge in [-0.2, -0.15) is 4.39 Å². The van der Waals surface area contributed by atoms with Crippen LogP contribution in [-0.2, 0) is 11.8 Å². The van der Waals surface area contributed by atoms with Crippen LogP contribution in [0.3, 0.4) is 0 Å². The minimum atomic E-state index is -0.693. The summed E-state index contributed by atoms with van der Waals surface area (Å²) in [5, 5.41) is 2.57. The average molecular weight is 479 g/mol. The van der Waals surface area contributed by atoms with Gasteiger partial charge in [-0.25, -0.2) is 9.37 Å². The molecule has 1 saturated heterocycles. The SMILES string of the molecule is BC1(B)COc2c1c(=O)[nH]c1c(F)c(CN3CCN(c4ccc(C(=O)NC)nc4F)CC3)ccc21. The Morgan fingerprint density at radius 3 is 2.63 bits per heavy atom. The number of pyridine rings is 2.